The van der Waals surface area contributed by atoms with E-state index in [1.54, 1.807) is 0 Å². The Morgan fingerprint density at radius 3 is 2.29 bits per heavy atom. The van der Waals surface area contributed by atoms with E-state index in [1.165, 1.54) is 11.1 Å². The van der Waals surface area contributed by atoms with Gasteiger partial charge in [-0.25, -0.2) is 4.98 Å². The van der Waals surface area contributed by atoms with Crippen LogP contribution in [0.4, 0.5) is 5.82 Å². The lowest BCUT2D eigenvalue weighted by atomic mass is 9.99. The maximum Gasteiger partial charge on any atom is 0.147 e. The normalized spacial score (nSPS) is 13.9. The van der Waals surface area contributed by atoms with Crippen LogP contribution in [-0.2, 0) is 24.2 Å². The quantitative estimate of drug-likeness (QED) is 0.211. The van der Waals surface area contributed by atoms with Crippen LogP contribution in [-0.4, -0.2) is 51.8 Å². The van der Waals surface area contributed by atoms with Crippen molar-refractivity contribution in [3.63, 3.8) is 0 Å². The Morgan fingerprint density at radius 2 is 1.51 bits per heavy atom. The van der Waals surface area contributed by atoms with Crippen LogP contribution in [0.15, 0.2) is 104 Å². The Morgan fingerprint density at radius 1 is 0.732 bits per heavy atom. The average molecular weight is 542 g/mol. The summed E-state index contributed by atoms with van der Waals surface area (Å²) in [5.74, 6) is 1.22. The van der Waals surface area contributed by atoms with Crippen LogP contribution in [0.1, 0.15) is 29.5 Å². The van der Waals surface area contributed by atoms with Gasteiger partial charge in [-0.15, -0.1) is 0 Å². The number of pyridine rings is 1. The summed E-state index contributed by atoms with van der Waals surface area (Å²) < 4.78 is 0. The number of ketones is 1. The number of hydrogen-bond donors (Lipinski definition) is 0. The molecule has 0 spiro atoms. The first-order chi connectivity index (χ1) is 20.2. The minimum absolute atomic E-state index is 0.292. The number of aryl methyl sites for hydroxylation is 1. The average Bonchev–Trinajstić information content (AvgIpc) is 3.02. The van der Waals surface area contributed by atoms with E-state index in [9.17, 15) is 4.79 Å². The predicted molar refractivity (Wildman–Crippen MR) is 165 cm³/mol. The molecular formula is C35H35N5O. The van der Waals surface area contributed by atoms with Crippen molar-refractivity contribution >= 4 is 22.6 Å². The summed E-state index contributed by atoms with van der Waals surface area (Å²) >= 11 is 0. The molecule has 0 radical (unpaired) electrons. The van der Waals surface area contributed by atoms with E-state index in [2.05, 4.69) is 69.4 Å². The molecule has 3 heterocycles. The molecule has 6 nitrogen and oxygen atoms in total. The minimum atomic E-state index is 0.292. The van der Waals surface area contributed by atoms with E-state index in [-0.39, 0.29) is 0 Å². The van der Waals surface area contributed by atoms with Gasteiger partial charge < -0.3 is 4.90 Å². The second kappa shape index (κ2) is 12.8. The van der Waals surface area contributed by atoms with Crippen molar-refractivity contribution in [1.29, 1.82) is 0 Å². The number of anilines is 1. The van der Waals surface area contributed by atoms with E-state index >= 15 is 0 Å². The highest BCUT2D eigenvalue weighted by Crippen LogP contribution is 2.25. The largest absolute Gasteiger partial charge is 0.353 e. The van der Waals surface area contributed by atoms with E-state index < -0.39 is 0 Å². The van der Waals surface area contributed by atoms with E-state index in [1.807, 2.05) is 48.9 Å². The maximum absolute atomic E-state index is 12.5. The fraction of sp³-hybridized carbons (Fsp3) is 0.257. The lowest BCUT2D eigenvalue weighted by Gasteiger charge is -2.35. The van der Waals surface area contributed by atoms with Crippen molar-refractivity contribution in [3.05, 3.63) is 120 Å². The number of carbonyl (C=O) groups is 1. The van der Waals surface area contributed by atoms with Gasteiger partial charge in [0.2, 0.25) is 0 Å². The van der Waals surface area contributed by atoms with Crippen molar-refractivity contribution in [2.75, 3.05) is 31.1 Å². The first-order valence-electron chi connectivity index (χ1n) is 14.5. The molecule has 2 aromatic heterocycles. The van der Waals surface area contributed by atoms with Gasteiger partial charge in [-0.05, 0) is 58.9 Å². The van der Waals surface area contributed by atoms with Crippen LogP contribution < -0.4 is 4.90 Å². The van der Waals surface area contributed by atoms with E-state index in [4.69, 9.17) is 9.97 Å². The molecule has 0 N–H and O–H groups in total. The SMILES string of the molecule is O=C(CCCc1ccccc1)Cc1ccc(-c2ccc3ncc(N4CCN(Cc5cccnc5)CC4)nc3c2)cc1. The summed E-state index contributed by atoms with van der Waals surface area (Å²) in [7, 11) is 0. The van der Waals surface area contributed by atoms with Crippen LogP contribution >= 0.6 is 0 Å². The van der Waals surface area contributed by atoms with Crippen molar-refractivity contribution < 1.29 is 4.79 Å². The zero-order valence-electron chi connectivity index (χ0n) is 23.3. The number of piperazine rings is 1. The number of nitrogens with zero attached hydrogens (tertiary/aromatic N) is 5. The van der Waals surface area contributed by atoms with Crippen molar-refractivity contribution in [2.45, 2.75) is 32.2 Å². The van der Waals surface area contributed by atoms with Gasteiger partial charge in [0.15, 0.2) is 0 Å². The molecule has 1 aliphatic rings. The summed E-state index contributed by atoms with van der Waals surface area (Å²) in [5, 5.41) is 0. The third kappa shape index (κ3) is 7.02. The molecule has 0 unspecified atom stereocenters. The Bertz CT molecular complexity index is 1580. The predicted octanol–water partition coefficient (Wildman–Crippen LogP) is 6.15. The van der Waals surface area contributed by atoms with Crippen LogP contribution in [0.3, 0.4) is 0 Å². The van der Waals surface area contributed by atoms with Gasteiger partial charge in [0.05, 0.1) is 17.2 Å². The number of rotatable bonds is 10. The molecule has 0 saturated carbocycles. The van der Waals surface area contributed by atoms with Gasteiger partial charge in [-0.3, -0.25) is 19.7 Å². The van der Waals surface area contributed by atoms with Crippen LogP contribution in [0.2, 0.25) is 0 Å². The molecule has 206 valence electrons. The maximum atomic E-state index is 12.5. The first-order valence-corrected chi connectivity index (χ1v) is 14.5. The molecule has 0 atom stereocenters. The first kappa shape index (κ1) is 26.8. The number of fused-ring (bicyclic) bond motifs is 1. The van der Waals surface area contributed by atoms with Crippen LogP contribution in [0, 0.1) is 0 Å². The smallest absolute Gasteiger partial charge is 0.147 e. The molecule has 6 heteroatoms. The summed E-state index contributed by atoms with van der Waals surface area (Å²) in [5.41, 5.74) is 7.60. The molecule has 1 aliphatic heterocycles. The molecule has 0 aliphatic carbocycles. The Kier molecular flexibility index (Phi) is 8.38. The molecule has 0 amide bonds. The van der Waals surface area contributed by atoms with Gasteiger partial charge in [-0.1, -0.05) is 66.7 Å². The lowest BCUT2D eigenvalue weighted by Crippen LogP contribution is -2.46. The Balaban J connectivity index is 1.05. The molecule has 3 aromatic carbocycles. The van der Waals surface area contributed by atoms with E-state index in [0.29, 0.717) is 18.6 Å². The molecule has 1 saturated heterocycles. The van der Waals surface area contributed by atoms with Gasteiger partial charge in [0.1, 0.15) is 11.6 Å². The molecule has 0 bridgehead atoms. The topological polar surface area (TPSA) is 62.2 Å². The zero-order chi connectivity index (χ0) is 27.9. The number of Topliss-reactive ketones (excluding diaryl/α,β-unsaturated/α-hetero) is 1. The molecule has 5 aromatic rings. The number of hydrogen-bond acceptors (Lipinski definition) is 6. The van der Waals surface area contributed by atoms with Gasteiger partial charge >= 0.3 is 0 Å². The van der Waals surface area contributed by atoms with Gasteiger partial charge in [0, 0.05) is 58.0 Å². The Hall–Kier alpha value is -4.42. The minimum Gasteiger partial charge on any atom is -0.353 e. The van der Waals surface area contributed by atoms with Crippen molar-refractivity contribution in [2.24, 2.45) is 0 Å². The highest BCUT2D eigenvalue weighted by molar-refractivity contribution is 5.83. The standard InChI is InChI=1S/C35H35N5O/c41-32(10-4-8-27-6-2-1-3-7-27)22-28-11-13-30(14-12-28)31-15-16-33-34(23-31)38-35(25-37-33)40-20-18-39(19-21-40)26-29-9-5-17-36-24-29/h1-3,5-7,9,11-17,23-25H,4,8,10,18-22,26H2. The molecular weight excluding hydrogens is 506 g/mol. The van der Waals surface area contributed by atoms with Crippen LogP contribution in [0.5, 0.6) is 0 Å². The molecule has 1 fully saturated rings. The van der Waals surface area contributed by atoms with Crippen molar-refractivity contribution in [3.8, 4) is 11.1 Å². The van der Waals surface area contributed by atoms with Crippen LogP contribution in [0.25, 0.3) is 22.2 Å². The number of aromatic nitrogens is 3. The third-order valence-electron chi connectivity index (χ3n) is 7.81. The summed E-state index contributed by atoms with van der Waals surface area (Å²) in [6.07, 6.45) is 8.59. The second-order valence-electron chi connectivity index (χ2n) is 10.8. The lowest BCUT2D eigenvalue weighted by molar-refractivity contribution is -0.118. The fourth-order valence-electron chi connectivity index (χ4n) is 5.48. The monoisotopic (exact) mass is 541 g/mol. The molecule has 41 heavy (non-hydrogen) atoms. The zero-order valence-corrected chi connectivity index (χ0v) is 23.3. The third-order valence-corrected chi connectivity index (χ3v) is 7.81. The Labute approximate surface area is 241 Å². The summed E-state index contributed by atoms with van der Waals surface area (Å²) in [4.78, 5) is 31.3. The highest BCUT2D eigenvalue weighted by atomic mass is 16.1. The number of benzene rings is 3. The fourth-order valence-corrected chi connectivity index (χ4v) is 5.48. The van der Waals surface area contributed by atoms with Crippen molar-refractivity contribution in [1.82, 2.24) is 19.9 Å². The van der Waals surface area contributed by atoms with E-state index in [0.717, 1.165) is 79.1 Å². The van der Waals surface area contributed by atoms with Gasteiger partial charge in [-0.2, -0.15) is 0 Å². The summed E-state index contributed by atoms with van der Waals surface area (Å²) in [6.45, 7) is 4.74. The number of carbonyl (C=O) groups excluding carboxylic acids is 1. The van der Waals surface area contributed by atoms with Gasteiger partial charge in [0.25, 0.3) is 0 Å². The second-order valence-corrected chi connectivity index (χ2v) is 10.8. The summed E-state index contributed by atoms with van der Waals surface area (Å²) in [6, 6.07) is 29.1. The molecule has 6 rings (SSSR count). The highest BCUT2D eigenvalue weighted by Gasteiger charge is 2.19.